The number of carbonyl (C=O) groups excluding carboxylic acids is 2. The molecule has 2 rings (SSSR count). The average molecular weight is 303 g/mol. The first-order valence-electron chi connectivity index (χ1n) is 8.09. The van der Waals surface area contributed by atoms with E-state index >= 15 is 0 Å². The van der Waals surface area contributed by atoms with Crippen LogP contribution >= 0.6 is 0 Å². The van der Waals surface area contributed by atoms with Crippen molar-refractivity contribution in [2.24, 2.45) is 0 Å². The van der Waals surface area contributed by atoms with E-state index in [4.69, 9.17) is 0 Å². The molecule has 1 aliphatic rings. The van der Waals surface area contributed by atoms with Gasteiger partial charge >= 0.3 is 0 Å². The molecule has 1 unspecified atom stereocenters. The van der Waals surface area contributed by atoms with Gasteiger partial charge in [-0.25, -0.2) is 0 Å². The van der Waals surface area contributed by atoms with Gasteiger partial charge in [0.25, 0.3) is 5.91 Å². The molecule has 120 valence electrons. The monoisotopic (exact) mass is 303 g/mol. The molecule has 1 aliphatic heterocycles. The maximum Gasteiger partial charge on any atom is 0.251 e. The minimum Gasteiger partial charge on any atom is -0.352 e. The third kappa shape index (κ3) is 4.84. The summed E-state index contributed by atoms with van der Waals surface area (Å²) in [6, 6.07) is 7.32. The first-order chi connectivity index (χ1) is 10.7. The lowest BCUT2D eigenvalue weighted by Gasteiger charge is -2.11. The lowest BCUT2D eigenvalue weighted by atomic mass is 10.1. The fourth-order valence-electron chi connectivity index (χ4n) is 2.48. The largest absolute Gasteiger partial charge is 0.352 e. The van der Waals surface area contributed by atoms with Crippen molar-refractivity contribution in [3.05, 3.63) is 35.4 Å². The molecule has 5 nitrogen and oxygen atoms in total. The van der Waals surface area contributed by atoms with Gasteiger partial charge in [-0.15, -0.1) is 0 Å². The van der Waals surface area contributed by atoms with E-state index in [1.807, 2.05) is 12.1 Å². The number of nitrogens with one attached hydrogen (secondary N) is 3. The van der Waals surface area contributed by atoms with Crippen LogP contribution in [0.4, 0.5) is 0 Å². The summed E-state index contributed by atoms with van der Waals surface area (Å²) in [5, 5.41) is 9.00. The Morgan fingerprint density at radius 1 is 1.23 bits per heavy atom. The van der Waals surface area contributed by atoms with Crippen LogP contribution in [0.5, 0.6) is 0 Å². The molecule has 1 atom stereocenters. The van der Waals surface area contributed by atoms with Crippen LogP contribution < -0.4 is 16.0 Å². The molecule has 1 aromatic rings. The van der Waals surface area contributed by atoms with Gasteiger partial charge in [-0.05, 0) is 43.5 Å². The Bertz CT molecular complexity index is 493. The van der Waals surface area contributed by atoms with Gasteiger partial charge in [-0.2, -0.15) is 0 Å². The highest BCUT2D eigenvalue weighted by atomic mass is 16.2. The molecule has 0 aromatic heterocycles. The van der Waals surface area contributed by atoms with E-state index in [-0.39, 0.29) is 17.9 Å². The molecule has 0 bridgehead atoms. The number of hydrogen-bond donors (Lipinski definition) is 3. The zero-order valence-corrected chi connectivity index (χ0v) is 13.2. The summed E-state index contributed by atoms with van der Waals surface area (Å²) >= 11 is 0. The highest BCUT2D eigenvalue weighted by molar-refractivity contribution is 5.94. The topological polar surface area (TPSA) is 70.2 Å². The van der Waals surface area contributed by atoms with E-state index in [1.54, 1.807) is 12.1 Å². The summed E-state index contributed by atoms with van der Waals surface area (Å²) in [5.74, 6) is 0.0121. The highest BCUT2D eigenvalue weighted by Gasteiger charge is 2.21. The van der Waals surface area contributed by atoms with E-state index in [2.05, 4.69) is 22.9 Å². The Hall–Kier alpha value is -1.88. The van der Waals surface area contributed by atoms with Gasteiger partial charge in [0.05, 0.1) is 6.04 Å². The van der Waals surface area contributed by atoms with Crippen LogP contribution in [0.25, 0.3) is 0 Å². The lowest BCUT2D eigenvalue weighted by Crippen LogP contribution is -2.40. The summed E-state index contributed by atoms with van der Waals surface area (Å²) in [6.07, 6.45) is 4.02. The number of amides is 2. The van der Waals surface area contributed by atoms with Crippen LogP contribution in [0.1, 0.15) is 48.5 Å². The van der Waals surface area contributed by atoms with Gasteiger partial charge in [-0.3, -0.25) is 9.59 Å². The molecule has 0 saturated carbocycles. The van der Waals surface area contributed by atoms with Gasteiger partial charge in [0.2, 0.25) is 5.91 Å². The Labute approximate surface area is 131 Å². The Balaban J connectivity index is 1.78. The molecule has 22 heavy (non-hydrogen) atoms. The summed E-state index contributed by atoms with van der Waals surface area (Å²) < 4.78 is 0. The maximum absolute atomic E-state index is 11.9. The number of hydrogen-bond acceptors (Lipinski definition) is 3. The molecule has 1 aromatic carbocycles. The Kier molecular flexibility index (Phi) is 6.40. The van der Waals surface area contributed by atoms with Crippen LogP contribution in [0.2, 0.25) is 0 Å². The molecule has 0 aliphatic carbocycles. The fourth-order valence-corrected chi connectivity index (χ4v) is 2.48. The maximum atomic E-state index is 11.9. The molecular formula is C17H25N3O2. The summed E-state index contributed by atoms with van der Waals surface area (Å²) in [4.78, 5) is 23.8. The van der Waals surface area contributed by atoms with Crippen molar-refractivity contribution in [2.75, 3.05) is 13.1 Å². The molecular weight excluding hydrogens is 278 g/mol. The molecule has 1 saturated heterocycles. The second-order valence-corrected chi connectivity index (χ2v) is 5.67. The second kappa shape index (κ2) is 8.54. The van der Waals surface area contributed by atoms with Crippen molar-refractivity contribution in [1.29, 1.82) is 0 Å². The van der Waals surface area contributed by atoms with E-state index in [0.717, 1.165) is 37.8 Å². The van der Waals surface area contributed by atoms with Crippen molar-refractivity contribution in [2.45, 2.75) is 45.2 Å². The van der Waals surface area contributed by atoms with Gasteiger partial charge in [0, 0.05) is 18.7 Å². The normalized spacial score (nSPS) is 17.2. The zero-order chi connectivity index (χ0) is 15.8. The van der Waals surface area contributed by atoms with Crippen LogP contribution in [0.3, 0.4) is 0 Å². The van der Waals surface area contributed by atoms with E-state index in [9.17, 15) is 9.59 Å². The molecule has 0 spiro atoms. The third-order valence-corrected chi connectivity index (χ3v) is 3.88. The summed E-state index contributed by atoms with van der Waals surface area (Å²) in [6.45, 7) is 4.21. The first kappa shape index (κ1) is 16.5. The van der Waals surface area contributed by atoms with Gasteiger partial charge in [0.1, 0.15) is 0 Å². The van der Waals surface area contributed by atoms with Crippen molar-refractivity contribution in [1.82, 2.24) is 16.0 Å². The highest BCUT2D eigenvalue weighted by Crippen LogP contribution is 2.07. The number of unbranched alkanes of at least 4 members (excludes halogenated alkanes) is 1. The molecule has 5 heteroatoms. The lowest BCUT2D eigenvalue weighted by molar-refractivity contribution is -0.122. The van der Waals surface area contributed by atoms with Crippen molar-refractivity contribution >= 4 is 11.8 Å². The van der Waals surface area contributed by atoms with Gasteiger partial charge in [-0.1, -0.05) is 25.5 Å². The standard InChI is InChI=1S/C17H25N3O2/c1-2-3-10-19-16(21)14-8-6-13(7-9-14)12-20-17(22)15-5-4-11-18-15/h6-9,15,18H,2-5,10-12H2,1H3,(H,19,21)(H,20,22). The van der Waals surface area contributed by atoms with Gasteiger partial charge < -0.3 is 16.0 Å². The van der Waals surface area contributed by atoms with Crippen LogP contribution in [-0.2, 0) is 11.3 Å². The fraction of sp³-hybridized carbons (Fsp3) is 0.529. The first-order valence-corrected chi connectivity index (χ1v) is 8.09. The van der Waals surface area contributed by atoms with Crippen molar-refractivity contribution in [3.8, 4) is 0 Å². The van der Waals surface area contributed by atoms with Crippen molar-refractivity contribution in [3.63, 3.8) is 0 Å². The van der Waals surface area contributed by atoms with Crippen molar-refractivity contribution < 1.29 is 9.59 Å². The van der Waals surface area contributed by atoms with Crippen LogP contribution in [0.15, 0.2) is 24.3 Å². The Morgan fingerprint density at radius 2 is 2.00 bits per heavy atom. The Morgan fingerprint density at radius 3 is 2.64 bits per heavy atom. The van der Waals surface area contributed by atoms with E-state index in [0.29, 0.717) is 18.7 Å². The molecule has 2 amide bonds. The smallest absolute Gasteiger partial charge is 0.251 e. The van der Waals surface area contributed by atoms with E-state index < -0.39 is 0 Å². The minimum absolute atomic E-state index is 0.0424. The van der Waals surface area contributed by atoms with Crippen LogP contribution in [0, 0.1) is 0 Å². The number of benzene rings is 1. The molecule has 0 radical (unpaired) electrons. The molecule has 1 fully saturated rings. The molecule has 1 heterocycles. The van der Waals surface area contributed by atoms with Gasteiger partial charge in [0.15, 0.2) is 0 Å². The average Bonchev–Trinajstić information content (AvgIpc) is 3.08. The number of carbonyl (C=O) groups is 2. The summed E-state index contributed by atoms with van der Waals surface area (Å²) in [7, 11) is 0. The predicted octanol–water partition coefficient (Wildman–Crippen LogP) is 1.58. The predicted molar refractivity (Wildman–Crippen MR) is 86.6 cm³/mol. The SMILES string of the molecule is CCCCNC(=O)c1ccc(CNC(=O)C2CCCN2)cc1. The molecule has 3 N–H and O–H groups in total. The quantitative estimate of drug-likeness (QED) is 0.670. The van der Waals surface area contributed by atoms with E-state index in [1.165, 1.54) is 0 Å². The minimum atomic E-state index is -0.0522. The number of rotatable bonds is 7. The summed E-state index contributed by atoms with van der Waals surface area (Å²) in [5.41, 5.74) is 1.65. The zero-order valence-electron chi connectivity index (χ0n) is 13.2. The third-order valence-electron chi connectivity index (χ3n) is 3.88. The second-order valence-electron chi connectivity index (χ2n) is 5.67. The van der Waals surface area contributed by atoms with Crippen LogP contribution in [-0.4, -0.2) is 30.9 Å².